The topological polar surface area (TPSA) is 78.3 Å². The van der Waals surface area contributed by atoms with Crippen LogP contribution in [0.2, 0.25) is 0 Å². The second-order valence-electron chi connectivity index (χ2n) is 4.30. The van der Waals surface area contributed by atoms with Gasteiger partial charge in [0, 0.05) is 24.1 Å². The maximum Gasteiger partial charge on any atom is 0.265 e. The molecule has 2 heterocycles. The average molecular weight is 255 g/mol. The molecule has 0 aliphatic carbocycles. The predicted octanol–water partition coefficient (Wildman–Crippen LogP) is 2.12. The van der Waals surface area contributed by atoms with Crippen LogP contribution in [0, 0.1) is 13.8 Å². The van der Waals surface area contributed by atoms with Gasteiger partial charge in [0.2, 0.25) is 5.65 Å². The van der Waals surface area contributed by atoms with Crippen molar-refractivity contribution in [3.63, 3.8) is 0 Å². The van der Waals surface area contributed by atoms with Crippen LogP contribution in [0.15, 0.2) is 30.6 Å². The molecular formula is C13H13N5O. The van der Waals surface area contributed by atoms with Crippen molar-refractivity contribution in [2.45, 2.75) is 13.8 Å². The van der Waals surface area contributed by atoms with Crippen LogP contribution in [0.4, 0.5) is 5.69 Å². The third-order valence-electron chi connectivity index (χ3n) is 2.88. The van der Waals surface area contributed by atoms with Gasteiger partial charge in [0.25, 0.3) is 5.88 Å². The van der Waals surface area contributed by atoms with Crippen LogP contribution in [-0.4, -0.2) is 19.6 Å². The minimum Gasteiger partial charge on any atom is -0.436 e. The second-order valence-corrected chi connectivity index (χ2v) is 4.30. The maximum absolute atomic E-state index is 5.80. The average Bonchev–Trinajstić information content (AvgIpc) is 2.77. The van der Waals surface area contributed by atoms with Gasteiger partial charge in [-0.25, -0.2) is 4.98 Å². The second kappa shape index (κ2) is 4.24. The van der Waals surface area contributed by atoms with Gasteiger partial charge in [-0.3, -0.25) is 4.40 Å². The Hall–Kier alpha value is -2.63. The molecule has 6 nitrogen and oxygen atoms in total. The molecule has 0 aliphatic heterocycles. The monoisotopic (exact) mass is 255 g/mol. The summed E-state index contributed by atoms with van der Waals surface area (Å²) >= 11 is 0. The van der Waals surface area contributed by atoms with E-state index in [2.05, 4.69) is 15.2 Å². The van der Waals surface area contributed by atoms with Crippen molar-refractivity contribution in [1.29, 1.82) is 0 Å². The number of nitrogens with zero attached hydrogens (tertiary/aromatic N) is 4. The van der Waals surface area contributed by atoms with Crippen molar-refractivity contribution in [2.75, 3.05) is 5.73 Å². The Labute approximate surface area is 109 Å². The summed E-state index contributed by atoms with van der Waals surface area (Å²) in [6.45, 7) is 3.82. The molecule has 0 bridgehead atoms. The van der Waals surface area contributed by atoms with Gasteiger partial charge >= 0.3 is 0 Å². The molecule has 1 aromatic carbocycles. The summed E-state index contributed by atoms with van der Waals surface area (Å²) in [7, 11) is 0. The summed E-state index contributed by atoms with van der Waals surface area (Å²) in [4.78, 5) is 4.20. The molecule has 0 aliphatic rings. The summed E-state index contributed by atoms with van der Waals surface area (Å²) in [6, 6.07) is 5.50. The molecule has 0 amide bonds. The lowest BCUT2D eigenvalue weighted by Gasteiger charge is -2.08. The molecule has 0 unspecified atom stereocenters. The highest BCUT2D eigenvalue weighted by molar-refractivity contribution is 5.53. The fourth-order valence-electron chi connectivity index (χ4n) is 1.82. The number of hydrogen-bond donors (Lipinski definition) is 1. The van der Waals surface area contributed by atoms with E-state index in [0.29, 0.717) is 23.0 Å². The third kappa shape index (κ3) is 1.97. The smallest absolute Gasteiger partial charge is 0.265 e. The molecule has 0 atom stereocenters. The highest BCUT2D eigenvalue weighted by atomic mass is 16.5. The molecule has 0 spiro atoms. The SMILES string of the molecule is Cc1ccc(N)cc1Oc1nccn2c(C)nnc12. The molecular weight excluding hydrogens is 242 g/mol. The molecule has 2 aromatic heterocycles. The van der Waals surface area contributed by atoms with Crippen LogP contribution < -0.4 is 10.5 Å². The van der Waals surface area contributed by atoms with Gasteiger partial charge in [0.1, 0.15) is 11.6 Å². The Balaban J connectivity index is 2.08. The summed E-state index contributed by atoms with van der Waals surface area (Å²) in [6.07, 6.45) is 3.45. The van der Waals surface area contributed by atoms with Gasteiger partial charge in [-0.1, -0.05) is 6.07 Å². The van der Waals surface area contributed by atoms with E-state index >= 15 is 0 Å². The van der Waals surface area contributed by atoms with Crippen LogP contribution in [0.5, 0.6) is 11.6 Å². The molecule has 19 heavy (non-hydrogen) atoms. The number of nitrogen functional groups attached to an aromatic ring is 1. The molecule has 3 aromatic rings. The lowest BCUT2D eigenvalue weighted by atomic mass is 10.2. The predicted molar refractivity (Wildman–Crippen MR) is 71.2 cm³/mol. The number of benzene rings is 1. The van der Waals surface area contributed by atoms with Crippen LogP contribution in [0.25, 0.3) is 5.65 Å². The van der Waals surface area contributed by atoms with E-state index in [1.54, 1.807) is 18.5 Å². The molecule has 0 radical (unpaired) electrons. The zero-order chi connectivity index (χ0) is 13.4. The number of ether oxygens (including phenoxy) is 1. The van der Waals surface area contributed by atoms with E-state index in [9.17, 15) is 0 Å². The molecule has 0 saturated carbocycles. The van der Waals surface area contributed by atoms with E-state index < -0.39 is 0 Å². The zero-order valence-corrected chi connectivity index (χ0v) is 10.7. The van der Waals surface area contributed by atoms with Crippen LogP contribution in [0.1, 0.15) is 11.4 Å². The zero-order valence-electron chi connectivity index (χ0n) is 10.7. The first-order chi connectivity index (χ1) is 9.15. The third-order valence-corrected chi connectivity index (χ3v) is 2.88. The number of aryl methyl sites for hydroxylation is 2. The van der Waals surface area contributed by atoms with Crippen molar-refractivity contribution in [3.05, 3.63) is 42.0 Å². The van der Waals surface area contributed by atoms with Gasteiger partial charge in [-0.15, -0.1) is 10.2 Å². The molecule has 3 rings (SSSR count). The van der Waals surface area contributed by atoms with Gasteiger partial charge in [0.15, 0.2) is 0 Å². The van der Waals surface area contributed by atoms with Gasteiger partial charge in [0.05, 0.1) is 0 Å². The molecule has 0 saturated heterocycles. The normalized spacial score (nSPS) is 10.8. The number of hydrogen-bond acceptors (Lipinski definition) is 5. The van der Waals surface area contributed by atoms with Crippen molar-refractivity contribution in [3.8, 4) is 11.6 Å². The molecule has 6 heteroatoms. The number of fused-ring (bicyclic) bond motifs is 1. The van der Waals surface area contributed by atoms with Gasteiger partial charge in [-0.2, -0.15) is 0 Å². The van der Waals surface area contributed by atoms with Crippen LogP contribution in [0.3, 0.4) is 0 Å². The lowest BCUT2D eigenvalue weighted by molar-refractivity contribution is 0.461. The molecule has 2 N–H and O–H groups in total. The quantitative estimate of drug-likeness (QED) is 0.709. The number of rotatable bonds is 2. The standard InChI is InChI=1S/C13H13N5O/c1-8-3-4-10(14)7-11(8)19-13-12-17-16-9(2)18(12)6-5-15-13/h3-7H,14H2,1-2H3. The van der Waals surface area contributed by atoms with E-state index in [1.807, 2.05) is 30.4 Å². The lowest BCUT2D eigenvalue weighted by Crippen LogP contribution is -1.96. The largest absolute Gasteiger partial charge is 0.436 e. The van der Waals surface area contributed by atoms with Crippen LogP contribution in [-0.2, 0) is 0 Å². The number of anilines is 1. The van der Waals surface area contributed by atoms with E-state index in [0.717, 1.165) is 11.4 Å². The van der Waals surface area contributed by atoms with Crippen LogP contribution >= 0.6 is 0 Å². The van der Waals surface area contributed by atoms with E-state index in [-0.39, 0.29) is 0 Å². The van der Waals surface area contributed by atoms with Crippen molar-refractivity contribution < 1.29 is 4.74 Å². The Morgan fingerprint density at radius 1 is 1.21 bits per heavy atom. The van der Waals surface area contributed by atoms with Gasteiger partial charge in [-0.05, 0) is 25.5 Å². The van der Waals surface area contributed by atoms with Gasteiger partial charge < -0.3 is 10.5 Å². The summed E-state index contributed by atoms with van der Waals surface area (Å²) in [5, 5.41) is 8.07. The fraction of sp³-hybridized carbons (Fsp3) is 0.154. The first kappa shape index (κ1) is 11.5. The summed E-state index contributed by atoms with van der Waals surface area (Å²) in [5.41, 5.74) is 7.97. The van der Waals surface area contributed by atoms with E-state index in [4.69, 9.17) is 10.5 Å². The minimum atomic E-state index is 0.414. The molecule has 0 fully saturated rings. The highest BCUT2D eigenvalue weighted by Crippen LogP contribution is 2.27. The first-order valence-electron chi connectivity index (χ1n) is 5.85. The number of aromatic nitrogens is 4. The molecule has 96 valence electrons. The minimum absolute atomic E-state index is 0.414. The van der Waals surface area contributed by atoms with Crippen molar-refractivity contribution in [1.82, 2.24) is 19.6 Å². The van der Waals surface area contributed by atoms with Crippen molar-refractivity contribution in [2.24, 2.45) is 0 Å². The Morgan fingerprint density at radius 2 is 2.05 bits per heavy atom. The Bertz CT molecular complexity index is 750. The maximum atomic E-state index is 5.80. The summed E-state index contributed by atoms with van der Waals surface area (Å²) < 4.78 is 7.63. The Morgan fingerprint density at radius 3 is 2.89 bits per heavy atom. The Kier molecular flexibility index (Phi) is 2.56. The van der Waals surface area contributed by atoms with Crippen molar-refractivity contribution >= 4 is 11.3 Å². The van der Waals surface area contributed by atoms with E-state index in [1.165, 1.54) is 0 Å². The summed E-state index contributed by atoms with van der Waals surface area (Å²) in [5.74, 6) is 1.87. The fourth-order valence-corrected chi connectivity index (χ4v) is 1.82. The number of nitrogens with two attached hydrogens (primary N) is 1. The first-order valence-corrected chi connectivity index (χ1v) is 5.85. The highest BCUT2D eigenvalue weighted by Gasteiger charge is 2.11.